The van der Waals surface area contributed by atoms with Crippen LogP contribution >= 0.6 is 11.3 Å². The van der Waals surface area contributed by atoms with Crippen LogP contribution in [0.1, 0.15) is 47.6 Å². The molecule has 3 rings (SSSR count). The molecule has 0 aromatic carbocycles. The lowest BCUT2D eigenvalue weighted by molar-refractivity contribution is 0.0599. The van der Waals surface area contributed by atoms with Crippen molar-refractivity contribution in [1.29, 1.82) is 0 Å². The molecule has 1 atom stereocenters. The molecule has 0 N–H and O–H groups in total. The monoisotopic (exact) mass is 397 g/mol. The molecule has 3 aromatic heterocycles. The number of carbonyl (C=O) groups is 1. The molecule has 0 spiro atoms. The molecule has 0 aliphatic rings. The van der Waals surface area contributed by atoms with Crippen molar-refractivity contribution in [2.45, 2.75) is 47.1 Å². The number of thiazole rings is 1. The van der Waals surface area contributed by atoms with Crippen LogP contribution in [0.25, 0.3) is 10.8 Å². The summed E-state index contributed by atoms with van der Waals surface area (Å²) >= 11 is 1.39. The third kappa shape index (κ3) is 4.33. The van der Waals surface area contributed by atoms with E-state index in [4.69, 9.17) is 4.42 Å². The number of pyridine rings is 1. The molecule has 0 bridgehead atoms. The minimum absolute atomic E-state index is 0.00528. The third-order valence-corrected chi connectivity index (χ3v) is 6.02. The molecule has 0 fully saturated rings. The van der Waals surface area contributed by atoms with Crippen LogP contribution in [0.15, 0.2) is 40.9 Å². The van der Waals surface area contributed by atoms with Crippen LogP contribution in [0.5, 0.6) is 0 Å². The molecule has 0 saturated carbocycles. The van der Waals surface area contributed by atoms with Crippen molar-refractivity contribution >= 4 is 17.2 Å². The third-order valence-electron chi connectivity index (χ3n) is 4.86. The summed E-state index contributed by atoms with van der Waals surface area (Å²) in [5.74, 6) is 1.52. The zero-order valence-corrected chi connectivity index (χ0v) is 18.1. The smallest absolute Gasteiger partial charge is 0.265 e. The summed E-state index contributed by atoms with van der Waals surface area (Å²) < 4.78 is 5.67. The molecule has 3 aromatic rings. The highest BCUT2D eigenvalue weighted by Crippen LogP contribution is 2.32. The predicted octanol–water partition coefficient (Wildman–Crippen LogP) is 5.14. The van der Waals surface area contributed by atoms with Gasteiger partial charge in [-0.2, -0.15) is 0 Å². The van der Waals surface area contributed by atoms with Gasteiger partial charge in [-0.3, -0.25) is 9.78 Å². The molecule has 0 aliphatic heterocycles. The van der Waals surface area contributed by atoms with Crippen LogP contribution in [-0.2, 0) is 6.42 Å². The van der Waals surface area contributed by atoms with Crippen LogP contribution in [0.4, 0.5) is 0 Å². The van der Waals surface area contributed by atoms with Gasteiger partial charge in [0.1, 0.15) is 10.6 Å². The van der Waals surface area contributed by atoms with Crippen LogP contribution in [0.2, 0.25) is 0 Å². The molecule has 1 amide bonds. The Morgan fingerprint density at radius 2 is 1.96 bits per heavy atom. The highest BCUT2D eigenvalue weighted by atomic mass is 32.1. The van der Waals surface area contributed by atoms with Crippen molar-refractivity contribution in [1.82, 2.24) is 14.9 Å². The summed E-state index contributed by atoms with van der Waals surface area (Å²) in [6.07, 6.45) is 2.50. The van der Waals surface area contributed by atoms with Gasteiger partial charge in [0, 0.05) is 31.4 Å². The van der Waals surface area contributed by atoms with E-state index in [1.165, 1.54) is 11.3 Å². The molecule has 0 radical (unpaired) electrons. The molecule has 3 heterocycles. The maximum atomic E-state index is 13.3. The highest BCUT2D eigenvalue weighted by Gasteiger charge is 2.33. The number of carbonyl (C=O) groups excluding carboxylic acids is 1. The fraction of sp³-hybridized carbons (Fsp3) is 0.409. The van der Waals surface area contributed by atoms with Crippen LogP contribution < -0.4 is 0 Å². The first-order valence-corrected chi connectivity index (χ1v) is 10.2. The Bertz CT molecular complexity index is 954. The first-order valence-electron chi connectivity index (χ1n) is 9.38. The van der Waals surface area contributed by atoms with E-state index in [2.05, 4.69) is 30.7 Å². The molecule has 5 nitrogen and oxygen atoms in total. The number of aryl methyl sites for hydroxylation is 2. The van der Waals surface area contributed by atoms with E-state index in [0.29, 0.717) is 17.1 Å². The van der Waals surface area contributed by atoms with Crippen molar-refractivity contribution in [3.63, 3.8) is 0 Å². The largest absolute Gasteiger partial charge is 0.459 e. The quantitative estimate of drug-likeness (QED) is 0.598. The normalized spacial score (nSPS) is 12.8. The predicted molar refractivity (Wildman–Crippen MR) is 113 cm³/mol. The summed E-state index contributed by atoms with van der Waals surface area (Å²) in [7, 11) is 1.87. The molecule has 0 saturated heterocycles. The van der Waals surface area contributed by atoms with Gasteiger partial charge in [-0.1, -0.05) is 26.8 Å². The summed E-state index contributed by atoms with van der Waals surface area (Å²) in [5.41, 5.74) is 1.62. The second kappa shape index (κ2) is 7.87. The van der Waals surface area contributed by atoms with Crippen LogP contribution in [0.3, 0.4) is 0 Å². The first kappa shape index (κ1) is 20.3. The average molecular weight is 398 g/mol. The summed E-state index contributed by atoms with van der Waals surface area (Å²) in [6, 6.07) is 9.70. The number of aromatic nitrogens is 2. The number of furan rings is 1. The Morgan fingerprint density at radius 1 is 1.21 bits per heavy atom. The van der Waals surface area contributed by atoms with E-state index < -0.39 is 0 Å². The number of rotatable bonds is 5. The lowest BCUT2D eigenvalue weighted by Gasteiger charge is -2.38. The van der Waals surface area contributed by atoms with Gasteiger partial charge in [-0.25, -0.2) is 4.98 Å². The molecular formula is C22H27N3O2S. The fourth-order valence-corrected chi connectivity index (χ4v) is 4.30. The molecule has 0 aliphatic carbocycles. The highest BCUT2D eigenvalue weighted by molar-refractivity contribution is 7.17. The van der Waals surface area contributed by atoms with Crippen LogP contribution in [0, 0.1) is 19.3 Å². The molecule has 148 valence electrons. The zero-order chi connectivity index (χ0) is 20.5. The van der Waals surface area contributed by atoms with Gasteiger partial charge in [0.25, 0.3) is 5.91 Å². The maximum Gasteiger partial charge on any atom is 0.265 e. The number of hydrogen-bond donors (Lipinski definition) is 0. The lowest BCUT2D eigenvalue weighted by atomic mass is 9.83. The van der Waals surface area contributed by atoms with Crippen molar-refractivity contribution in [2.75, 3.05) is 7.05 Å². The van der Waals surface area contributed by atoms with Crippen molar-refractivity contribution in [3.05, 3.63) is 58.6 Å². The van der Waals surface area contributed by atoms with Crippen molar-refractivity contribution in [2.24, 2.45) is 5.41 Å². The number of hydrogen-bond acceptors (Lipinski definition) is 5. The zero-order valence-electron chi connectivity index (χ0n) is 17.3. The molecule has 28 heavy (non-hydrogen) atoms. The van der Waals surface area contributed by atoms with E-state index in [1.54, 1.807) is 6.20 Å². The van der Waals surface area contributed by atoms with E-state index in [-0.39, 0.29) is 17.4 Å². The first-order chi connectivity index (χ1) is 13.2. The number of amides is 1. The summed E-state index contributed by atoms with van der Waals surface area (Å²) in [5, 5.41) is 0.736. The Kier molecular flexibility index (Phi) is 5.70. The van der Waals surface area contributed by atoms with Crippen molar-refractivity contribution < 1.29 is 9.21 Å². The second-order valence-electron chi connectivity index (χ2n) is 8.17. The number of likely N-dealkylation sites (N-methyl/N-ethyl adjacent to an activating group) is 1. The molecule has 6 heteroatoms. The topological polar surface area (TPSA) is 59.2 Å². The Labute approximate surface area is 170 Å². The van der Waals surface area contributed by atoms with Crippen molar-refractivity contribution in [3.8, 4) is 10.8 Å². The van der Waals surface area contributed by atoms with E-state index >= 15 is 0 Å². The fourth-order valence-electron chi connectivity index (χ4n) is 3.29. The van der Waals surface area contributed by atoms with Gasteiger partial charge < -0.3 is 9.32 Å². The summed E-state index contributed by atoms with van der Waals surface area (Å²) in [6.45, 7) is 10.2. The van der Waals surface area contributed by atoms with Gasteiger partial charge in [0.2, 0.25) is 0 Å². The SMILES string of the molecule is Cc1ccc(-c2nc(C)c(C(=O)N(C)C(Cc3ccccn3)C(C)(C)C)s2)o1. The second-order valence-corrected chi connectivity index (χ2v) is 9.17. The minimum Gasteiger partial charge on any atom is -0.459 e. The standard InChI is InChI=1S/C22H27N3O2S/c1-14-10-11-17(27-14)20-24-15(2)19(28-20)21(26)25(6)18(22(3,4)5)13-16-9-7-8-12-23-16/h7-12,18H,13H2,1-6H3. The van der Waals surface area contributed by atoms with E-state index in [0.717, 1.165) is 22.2 Å². The van der Waals surface area contributed by atoms with Crippen LogP contribution in [-0.4, -0.2) is 33.9 Å². The molecule has 1 unspecified atom stereocenters. The summed E-state index contributed by atoms with van der Waals surface area (Å²) in [4.78, 5) is 24.9. The lowest BCUT2D eigenvalue weighted by Crippen LogP contribution is -2.46. The van der Waals surface area contributed by atoms with Gasteiger partial charge in [0.15, 0.2) is 10.8 Å². The Morgan fingerprint density at radius 3 is 2.54 bits per heavy atom. The van der Waals surface area contributed by atoms with Gasteiger partial charge in [0.05, 0.1) is 5.69 Å². The van der Waals surface area contributed by atoms with E-state index in [9.17, 15) is 4.79 Å². The van der Waals surface area contributed by atoms with Gasteiger partial charge in [-0.05, 0) is 43.5 Å². The van der Waals surface area contributed by atoms with Gasteiger partial charge in [-0.15, -0.1) is 11.3 Å². The number of nitrogens with zero attached hydrogens (tertiary/aromatic N) is 3. The Balaban J connectivity index is 1.88. The Hall–Kier alpha value is -2.47. The minimum atomic E-state index is -0.0958. The van der Waals surface area contributed by atoms with E-state index in [1.807, 2.05) is 56.1 Å². The molecular weight excluding hydrogens is 370 g/mol. The van der Waals surface area contributed by atoms with Gasteiger partial charge >= 0.3 is 0 Å². The maximum absolute atomic E-state index is 13.3. The average Bonchev–Trinajstić information content (AvgIpc) is 3.24.